The summed E-state index contributed by atoms with van der Waals surface area (Å²) in [6.45, 7) is 1.20. The fraction of sp³-hybridized carbons (Fsp3) is 0.357. The summed E-state index contributed by atoms with van der Waals surface area (Å²) >= 11 is 0. The van der Waals surface area contributed by atoms with Gasteiger partial charge in [0.1, 0.15) is 0 Å². The van der Waals surface area contributed by atoms with E-state index in [1.165, 1.54) is 18.9 Å². The van der Waals surface area contributed by atoms with Crippen molar-refractivity contribution < 1.29 is 8.78 Å². The number of benzene rings is 1. The molecule has 1 aromatic heterocycles. The Morgan fingerprint density at radius 3 is 2.79 bits per heavy atom. The van der Waals surface area contributed by atoms with Crippen LogP contribution < -0.4 is 5.32 Å². The molecule has 2 aromatic rings. The van der Waals surface area contributed by atoms with Crippen molar-refractivity contribution in [2.45, 2.75) is 32.0 Å². The first kappa shape index (κ1) is 12.3. The van der Waals surface area contributed by atoms with Gasteiger partial charge in [0.25, 0.3) is 0 Å². The number of nitrogens with one attached hydrogen (secondary N) is 1. The van der Waals surface area contributed by atoms with E-state index in [1.54, 1.807) is 10.7 Å². The van der Waals surface area contributed by atoms with Gasteiger partial charge in [-0.3, -0.25) is 4.68 Å². The third-order valence-corrected chi connectivity index (χ3v) is 3.17. The van der Waals surface area contributed by atoms with Gasteiger partial charge >= 0.3 is 0 Å². The Labute approximate surface area is 110 Å². The van der Waals surface area contributed by atoms with E-state index in [-0.39, 0.29) is 0 Å². The molecule has 1 N–H and O–H groups in total. The molecule has 0 unspecified atom stereocenters. The number of hydrogen-bond donors (Lipinski definition) is 1. The van der Waals surface area contributed by atoms with Crippen LogP contribution in [-0.4, -0.2) is 15.8 Å². The molecule has 0 atom stereocenters. The lowest BCUT2D eigenvalue weighted by Crippen LogP contribution is -2.16. The summed E-state index contributed by atoms with van der Waals surface area (Å²) in [6, 6.07) is 6.51. The SMILES string of the molecule is Fc1ccc(Cn2ccc(CNC3CC3)n2)cc1F. The van der Waals surface area contributed by atoms with E-state index in [2.05, 4.69) is 10.4 Å². The summed E-state index contributed by atoms with van der Waals surface area (Å²) in [5, 5.41) is 7.78. The van der Waals surface area contributed by atoms with Gasteiger partial charge < -0.3 is 5.32 Å². The van der Waals surface area contributed by atoms with E-state index >= 15 is 0 Å². The van der Waals surface area contributed by atoms with Crippen LogP contribution in [0.1, 0.15) is 24.1 Å². The molecule has 0 aliphatic heterocycles. The quantitative estimate of drug-likeness (QED) is 0.898. The second-order valence-corrected chi connectivity index (χ2v) is 4.91. The molecule has 5 heteroatoms. The highest BCUT2D eigenvalue weighted by atomic mass is 19.2. The van der Waals surface area contributed by atoms with Gasteiger partial charge in [-0.15, -0.1) is 0 Å². The molecule has 3 rings (SSSR count). The van der Waals surface area contributed by atoms with Crippen LogP contribution >= 0.6 is 0 Å². The average Bonchev–Trinajstić information content (AvgIpc) is 3.12. The minimum atomic E-state index is -0.821. The molecular weight excluding hydrogens is 248 g/mol. The van der Waals surface area contributed by atoms with Gasteiger partial charge in [-0.05, 0) is 36.6 Å². The van der Waals surface area contributed by atoms with Crippen molar-refractivity contribution in [3.8, 4) is 0 Å². The Kier molecular flexibility index (Phi) is 3.29. The van der Waals surface area contributed by atoms with Gasteiger partial charge in [0.05, 0.1) is 12.2 Å². The zero-order chi connectivity index (χ0) is 13.2. The topological polar surface area (TPSA) is 29.9 Å². The van der Waals surface area contributed by atoms with Crippen LogP contribution in [0.2, 0.25) is 0 Å². The minimum absolute atomic E-state index is 0.445. The Hall–Kier alpha value is -1.75. The van der Waals surface area contributed by atoms with Crippen molar-refractivity contribution in [2.75, 3.05) is 0 Å². The minimum Gasteiger partial charge on any atom is -0.308 e. The van der Waals surface area contributed by atoms with Crippen molar-refractivity contribution >= 4 is 0 Å². The number of nitrogens with zero attached hydrogens (tertiary/aromatic N) is 2. The lowest BCUT2D eigenvalue weighted by molar-refractivity contribution is 0.505. The van der Waals surface area contributed by atoms with Gasteiger partial charge in [0, 0.05) is 18.8 Å². The van der Waals surface area contributed by atoms with Crippen LogP contribution in [0, 0.1) is 11.6 Å². The third kappa shape index (κ3) is 3.17. The zero-order valence-electron chi connectivity index (χ0n) is 10.4. The van der Waals surface area contributed by atoms with E-state index in [0.717, 1.165) is 18.3 Å². The van der Waals surface area contributed by atoms with E-state index in [4.69, 9.17) is 0 Å². The molecule has 1 aliphatic carbocycles. The summed E-state index contributed by atoms with van der Waals surface area (Å²) < 4.78 is 27.6. The Bertz CT molecular complexity index is 576. The fourth-order valence-electron chi connectivity index (χ4n) is 1.95. The molecule has 1 saturated carbocycles. The largest absolute Gasteiger partial charge is 0.308 e. The van der Waals surface area contributed by atoms with Gasteiger partial charge in [-0.1, -0.05) is 6.07 Å². The van der Waals surface area contributed by atoms with Crippen molar-refractivity contribution in [1.29, 1.82) is 0 Å². The van der Waals surface area contributed by atoms with E-state index in [9.17, 15) is 8.78 Å². The standard InChI is InChI=1S/C14H15F2N3/c15-13-4-1-10(7-14(13)16)9-19-6-5-12(18-19)8-17-11-2-3-11/h1,4-7,11,17H,2-3,8-9H2. The van der Waals surface area contributed by atoms with E-state index < -0.39 is 11.6 Å². The summed E-state index contributed by atoms with van der Waals surface area (Å²) in [4.78, 5) is 0. The second kappa shape index (κ2) is 5.09. The molecule has 0 saturated heterocycles. The maximum absolute atomic E-state index is 13.1. The van der Waals surface area contributed by atoms with Crippen molar-refractivity contribution in [3.05, 3.63) is 53.4 Å². The first-order valence-electron chi connectivity index (χ1n) is 6.40. The highest BCUT2D eigenvalue weighted by Crippen LogP contribution is 2.19. The molecule has 1 heterocycles. The molecule has 19 heavy (non-hydrogen) atoms. The molecule has 100 valence electrons. The number of hydrogen-bond acceptors (Lipinski definition) is 2. The molecule has 1 aromatic carbocycles. The molecular formula is C14H15F2N3. The predicted molar refractivity (Wildman–Crippen MR) is 67.5 cm³/mol. The van der Waals surface area contributed by atoms with Gasteiger partial charge in [-0.2, -0.15) is 5.10 Å². The second-order valence-electron chi connectivity index (χ2n) is 4.91. The molecule has 3 nitrogen and oxygen atoms in total. The van der Waals surface area contributed by atoms with Crippen LogP contribution in [0.5, 0.6) is 0 Å². The van der Waals surface area contributed by atoms with Crippen molar-refractivity contribution in [2.24, 2.45) is 0 Å². The van der Waals surface area contributed by atoms with Crippen molar-refractivity contribution in [3.63, 3.8) is 0 Å². The molecule has 1 aliphatic rings. The zero-order valence-corrected chi connectivity index (χ0v) is 10.4. The Balaban J connectivity index is 1.63. The van der Waals surface area contributed by atoms with Gasteiger partial charge in [0.2, 0.25) is 0 Å². The summed E-state index contributed by atoms with van der Waals surface area (Å²) in [5.41, 5.74) is 1.66. The first-order chi connectivity index (χ1) is 9.20. The Morgan fingerprint density at radius 2 is 2.05 bits per heavy atom. The first-order valence-corrected chi connectivity index (χ1v) is 6.40. The maximum Gasteiger partial charge on any atom is 0.159 e. The summed E-state index contributed by atoms with van der Waals surface area (Å²) in [7, 11) is 0. The van der Waals surface area contributed by atoms with E-state index in [1.807, 2.05) is 12.3 Å². The lowest BCUT2D eigenvalue weighted by Gasteiger charge is -2.03. The highest BCUT2D eigenvalue weighted by molar-refractivity contribution is 5.18. The fourth-order valence-corrected chi connectivity index (χ4v) is 1.95. The highest BCUT2D eigenvalue weighted by Gasteiger charge is 2.20. The Morgan fingerprint density at radius 1 is 1.21 bits per heavy atom. The molecule has 0 bridgehead atoms. The number of rotatable bonds is 5. The normalized spacial score (nSPS) is 14.8. The lowest BCUT2D eigenvalue weighted by atomic mass is 10.2. The van der Waals surface area contributed by atoms with Gasteiger partial charge in [-0.25, -0.2) is 8.78 Å². The van der Waals surface area contributed by atoms with Crippen molar-refractivity contribution in [1.82, 2.24) is 15.1 Å². The maximum atomic E-state index is 13.1. The molecule has 0 spiro atoms. The van der Waals surface area contributed by atoms with Crippen LogP contribution in [0.4, 0.5) is 8.78 Å². The summed E-state index contributed by atoms with van der Waals surface area (Å²) in [6.07, 6.45) is 4.34. The van der Waals surface area contributed by atoms with Crippen LogP contribution in [0.3, 0.4) is 0 Å². The van der Waals surface area contributed by atoms with Crippen LogP contribution in [-0.2, 0) is 13.1 Å². The van der Waals surface area contributed by atoms with Crippen LogP contribution in [0.25, 0.3) is 0 Å². The average molecular weight is 263 g/mol. The number of halogens is 2. The summed E-state index contributed by atoms with van der Waals surface area (Å²) in [5.74, 6) is -1.64. The monoisotopic (exact) mass is 263 g/mol. The third-order valence-electron chi connectivity index (χ3n) is 3.17. The molecule has 0 radical (unpaired) electrons. The molecule has 0 amide bonds. The van der Waals surface area contributed by atoms with Gasteiger partial charge in [0.15, 0.2) is 11.6 Å². The van der Waals surface area contributed by atoms with E-state index in [0.29, 0.717) is 18.2 Å². The van der Waals surface area contributed by atoms with Crippen LogP contribution in [0.15, 0.2) is 30.5 Å². The molecule has 1 fully saturated rings. The predicted octanol–water partition coefficient (Wildman–Crippen LogP) is 2.46. The number of aromatic nitrogens is 2. The smallest absolute Gasteiger partial charge is 0.159 e.